The van der Waals surface area contributed by atoms with Gasteiger partial charge in [-0.05, 0) is 11.1 Å². The molecule has 4 heteroatoms. The van der Waals surface area contributed by atoms with E-state index in [9.17, 15) is 9.59 Å². The molecule has 0 saturated carbocycles. The molecule has 2 atom stereocenters. The van der Waals surface area contributed by atoms with Crippen molar-refractivity contribution in [1.82, 2.24) is 4.90 Å². The SMILES string of the molecule is COC1c2ccc(cc2)C1N1C(=O)C=CC1=O. The maximum absolute atomic E-state index is 11.7. The summed E-state index contributed by atoms with van der Waals surface area (Å²) in [7, 11) is 1.59. The van der Waals surface area contributed by atoms with Crippen molar-refractivity contribution in [2.45, 2.75) is 12.1 Å². The number of carbonyl (C=O) groups is 2. The summed E-state index contributed by atoms with van der Waals surface area (Å²) < 4.78 is 5.41. The van der Waals surface area contributed by atoms with E-state index < -0.39 is 0 Å². The summed E-state index contributed by atoms with van der Waals surface area (Å²) in [5.74, 6) is -0.547. The Kier molecular flexibility index (Phi) is 2.12. The maximum Gasteiger partial charge on any atom is 0.254 e. The van der Waals surface area contributed by atoms with Gasteiger partial charge in [0.25, 0.3) is 11.8 Å². The van der Waals surface area contributed by atoms with Gasteiger partial charge in [0.2, 0.25) is 0 Å². The summed E-state index contributed by atoms with van der Waals surface area (Å²) in [5.41, 5.74) is 1.91. The van der Waals surface area contributed by atoms with E-state index in [-0.39, 0.29) is 24.0 Å². The smallest absolute Gasteiger partial charge is 0.254 e. The molecule has 2 amide bonds. The summed E-state index contributed by atoms with van der Waals surface area (Å²) in [6, 6.07) is 7.43. The first-order valence-corrected chi connectivity index (χ1v) is 5.40. The van der Waals surface area contributed by atoms with Gasteiger partial charge in [-0.3, -0.25) is 14.5 Å². The third-order valence-corrected chi connectivity index (χ3v) is 3.27. The van der Waals surface area contributed by atoms with Crippen LogP contribution >= 0.6 is 0 Å². The fourth-order valence-corrected chi connectivity index (χ4v) is 2.48. The fourth-order valence-electron chi connectivity index (χ4n) is 2.48. The van der Waals surface area contributed by atoms with E-state index in [1.54, 1.807) is 7.11 Å². The Morgan fingerprint density at radius 3 is 2.06 bits per heavy atom. The van der Waals surface area contributed by atoms with Gasteiger partial charge in [0.15, 0.2) is 0 Å². The lowest BCUT2D eigenvalue weighted by molar-refractivity contribution is -0.143. The zero-order valence-electron chi connectivity index (χ0n) is 9.29. The lowest BCUT2D eigenvalue weighted by Crippen LogP contribution is -2.39. The van der Waals surface area contributed by atoms with Crippen molar-refractivity contribution < 1.29 is 14.3 Å². The van der Waals surface area contributed by atoms with Gasteiger partial charge < -0.3 is 4.74 Å². The van der Waals surface area contributed by atoms with E-state index in [1.807, 2.05) is 24.3 Å². The van der Waals surface area contributed by atoms with Crippen molar-refractivity contribution in [2.75, 3.05) is 7.11 Å². The fraction of sp³-hybridized carbons (Fsp3) is 0.231. The highest BCUT2D eigenvalue weighted by atomic mass is 16.5. The van der Waals surface area contributed by atoms with Crippen LogP contribution < -0.4 is 0 Å². The molecule has 0 spiro atoms. The average Bonchev–Trinajstić information content (AvgIpc) is 2.69. The van der Waals surface area contributed by atoms with E-state index in [2.05, 4.69) is 0 Å². The molecule has 4 rings (SSSR count). The molecule has 0 fully saturated rings. The predicted octanol–water partition coefficient (Wildman–Crippen LogP) is 1.35. The molecule has 0 aromatic heterocycles. The second-order valence-corrected chi connectivity index (χ2v) is 4.15. The van der Waals surface area contributed by atoms with Crippen molar-refractivity contribution in [3.63, 3.8) is 0 Å². The van der Waals surface area contributed by atoms with E-state index in [0.717, 1.165) is 11.1 Å². The van der Waals surface area contributed by atoms with Crippen molar-refractivity contribution in [3.8, 4) is 0 Å². The van der Waals surface area contributed by atoms with Crippen LogP contribution in [0.5, 0.6) is 0 Å². The third kappa shape index (κ3) is 1.34. The largest absolute Gasteiger partial charge is 0.374 e. The molecule has 0 N–H and O–H groups in total. The Morgan fingerprint density at radius 2 is 1.53 bits per heavy atom. The van der Waals surface area contributed by atoms with Gasteiger partial charge in [-0.2, -0.15) is 0 Å². The number of benzene rings is 1. The van der Waals surface area contributed by atoms with E-state index >= 15 is 0 Å². The minimum absolute atomic E-state index is 0.257. The number of fused-ring (bicyclic) bond motifs is 3. The standard InChI is InChI=1S/C13H11NO3/c1-17-13-9-4-2-8(3-5-9)12(13)14-10(15)6-7-11(14)16/h2-7,12-13H,1H3. The van der Waals surface area contributed by atoms with Gasteiger partial charge in [0, 0.05) is 19.3 Å². The molecule has 0 saturated heterocycles. The van der Waals surface area contributed by atoms with Crippen LogP contribution in [0.3, 0.4) is 0 Å². The van der Waals surface area contributed by atoms with Crippen molar-refractivity contribution in [3.05, 3.63) is 47.5 Å². The van der Waals surface area contributed by atoms with Gasteiger partial charge in [0.1, 0.15) is 6.10 Å². The highest BCUT2D eigenvalue weighted by molar-refractivity contribution is 6.13. The molecule has 0 radical (unpaired) electrons. The first-order chi connectivity index (χ1) is 8.22. The predicted molar refractivity (Wildman–Crippen MR) is 59.9 cm³/mol. The third-order valence-electron chi connectivity index (χ3n) is 3.27. The summed E-state index contributed by atoms with van der Waals surface area (Å²) in [6.45, 7) is 0. The molecular formula is C13H11NO3. The summed E-state index contributed by atoms with van der Waals surface area (Å²) in [5, 5.41) is 0. The van der Waals surface area contributed by atoms with Crippen LogP contribution in [-0.4, -0.2) is 23.8 Å². The Labute approximate surface area is 98.5 Å². The molecule has 1 heterocycles. The summed E-state index contributed by atoms with van der Waals surface area (Å²) in [4.78, 5) is 24.7. The Morgan fingerprint density at radius 1 is 1.00 bits per heavy atom. The molecule has 2 aliphatic carbocycles. The zero-order valence-corrected chi connectivity index (χ0v) is 9.29. The molecule has 1 aromatic carbocycles. The number of amides is 2. The Hall–Kier alpha value is -1.94. The monoisotopic (exact) mass is 229 g/mol. The summed E-state index contributed by atoms with van der Waals surface area (Å²) >= 11 is 0. The van der Waals surface area contributed by atoms with Crippen molar-refractivity contribution >= 4 is 11.8 Å². The molecule has 2 bridgehead atoms. The van der Waals surface area contributed by atoms with Gasteiger partial charge in [-0.15, -0.1) is 0 Å². The number of hydrogen-bond donors (Lipinski definition) is 0. The minimum Gasteiger partial charge on any atom is -0.374 e. The Balaban J connectivity index is 2.05. The first kappa shape index (κ1) is 10.2. The van der Waals surface area contributed by atoms with Crippen LogP contribution in [0.2, 0.25) is 0 Å². The molecule has 4 nitrogen and oxygen atoms in total. The molecular weight excluding hydrogens is 218 g/mol. The van der Waals surface area contributed by atoms with Crippen LogP contribution in [0.25, 0.3) is 0 Å². The number of methoxy groups -OCH3 is 1. The second kappa shape index (κ2) is 3.53. The minimum atomic E-state index is -0.333. The number of nitrogens with zero attached hydrogens (tertiary/aromatic N) is 1. The average molecular weight is 229 g/mol. The molecule has 2 unspecified atom stereocenters. The molecule has 3 aliphatic rings. The summed E-state index contributed by atoms with van der Waals surface area (Å²) in [6.07, 6.45) is 2.35. The molecule has 1 aliphatic heterocycles. The quantitative estimate of drug-likeness (QED) is 0.719. The van der Waals surface area contributed by atoms with Crippen LogP contribution in [-0.2, 0) is 14.3 Å². The Bertz CT molecular complexity index is 500. The van der Waals surface area contributed by atoms with Crippen molar-refractivity contribution in [2.24, 2.45) is 0 Å². The van der Waals surface area contributed by atoms with Gasteiger partial charge in [0.05, 0.1) is 6.04 Å². The first-order valence-electron chi connectivity index (χ1n) is 5.40. The lowest BCUT2D eigenvalue weighted by Gasteiger charge is -2.36. The van der Waals surface area contributed by atoms with Gasteiger partial charge >= 0.3 is 0 Å². The van der Waals surface area contributed by atoms with E-state index in [1.165, 1.54) is 17.1 Å². The molecule has 86 valence electrons. The normalized spacial score (nSPS) is 26.1. The number of imide groups is 1. The maximum atomic E-state index is 11.7. The van der Waals surface area contributed by atoms with E-state index in [4.69, 9.17) is 4.74 Å². The van der Waals surface area contributed by atoms with E-state index in [0.29, 0.717) is 0 Å². The highest BCUT2D eigenvalue weighted by Crippen LogP contribution is 2.42. The number of hydrogen-bond acceptors (Lipinski definition) is 3. The van der Waals surface area contributed by atoms with Crippen LogP contribution in [0, 0.1) is 0 Å². The number of carbonyl (C=O) groups excluding carboxylic acids is 2. The van der Waals surface area contributed by atoms with Gasteiger partial charge in [-0.25, -0.2) is 0 Å². The highest BCUT2D eigenvalue weighted by Gasteiger charge is 2.40. The zero-order chi connectivity index (χ0) is 12.0. The van der Waals surface area contributed by atoms with Gasteiger partial charge in [-0.1, -0.05) is 24.3 Å². The molecule has 1 aromatic rings. The number of rotatable bonds is 2. The van der Waals surface area contributed by atoms with Crippen LogP contribution in [0.4, 0.5) is 0 Å². The number of ether oxygens (including phenoxy) is 1. The lowest BCUT2D eigenvalue weighted by atomic mass is 9.87. The molecule has 17 heavy (non-hydrogen) atoms. The van der Waals surface area contributed by atoms with Crippen LogP contribution in [0.15, 0.2) is 36.4 Å². The second-order valence-electron chi connectivity index (χ2n) is 4.15. The van der Waals surface area contributed by atoms with Crippen molar-refractivity contribution in [1.29, 1.82) is 0 Å². The topological polar surface area (TPSA) is 46.6 Å². The van der Waals surface area contributed by atoms with Crippen LogP contribution in [0.1, 0.15) is 23.3 Å².